The number of ether oxygens (including phenoxy) is 2. The Bertz CT molecular complexity index is 857. The molecule has 0 spiro atoms. The number of thiocarbonyl (C=S) groups is 1. The number of nitrogens with zero attached hydrogens (tertiary/aromatic N) is 2. The standard InChI is InChI=1S/C48H95N3O4S/c1-6-9-12-15-18-26-33-43-54-46(52)38-30-23-19-24-31-40-51(42-35-39-49-48(56)50(4)5)41-32-25-20-27-34-44-55-47(53)45(36-28-21-16-13-10-7-2)37-29-22-17-14-11-8-3/h45H,6-44H2,1-5H3,(H,49,56). The second kappa shape index (κ2) is 43.2. The van der Waals surface area contributed by atoms with E-state index in [0.29, 0.717) is 19.6 Å². The molecule has 0 fully saturated rings. The van der Waals surface area contributed by atoms with Crippen LogP contribution in [0.25, 0.3) is 0 Å². The van der Waals surface area contributed by atoms with Crippen LogP contribution in [0, 0.1) is 5.92 Å². The molecule has 0 bridgehead atoms. The molecule has 8 heteroatoms. The summed E-state index contributed by atoms with van der Waals surface area (Å²) in [5, 5.41) is 4.17. The van der Waals surface area contributed by atoms with Gasteiger partial charge >= 0.3 is 11.9 Å². The average Bonchev–Trinajstić information content (AvgIpc) is 3.19. The van der Waals surface area contributed by atoms with Gasteiger partial charge in [0.25, 0.3) is 0 Å². The largest absolute Gasteiger partial charge is 0.466 e. The van der Waals surface area contributed by atoms with Crippen molar-refractivity contribution in [2.24, 2.45) is 5.92 Å². The van der Waals surface area contributed by atoms with Crippen LogP contribution in [0.5, 0.6) is 0 Å². The molecule has 0 aliphatic heterocycles. The zero-order valence-electron chi connectivity index (χ0n) is 38.1. The lowest BCUT2D eigenvalue weighted by molar-refractivity contribution is -0.149. The van der Waals surface area contributed by atoms with Crippen molar-refractivity contribution in [3.8, 4) is 0 Å². The van der Waals surface area contributed by atoms with Crippen LogP contribution in [0.2, 0.25) is 0 Å². The topological polar surface area (TPSA) is 71.1 Å². The highest BCUT2D eigenvalue weighted by atomic mass is 32.1. The van der Waals surface area contributed by atoms with Gasteiger partial charge in [0.05, 0.1) is 19.1 Å². The van der Waals surface area contributed by atoms with Crippen LogP contribution in [0.15, 0.2) is 0 Å². The van der Waals surface area contributed by atoms with E-state index in [-0.39, 0.29) is 17.9 Å². The van der Waals surface area contributed by atoms with Gasteiger partial charge in [-0.2, -0.15) is 0 Å². The molecule has 0 heterocycles. The van der Waals surface area contributed by atoms with Gasteiger partial charge in [-0.25, -0.2) is 0 Å². The monoisotopic (exact) mass is 810 g/mol. The molecule has 0 aromatic carbocycles. The van der Waals surface area contributed by atoms with Crippen molar-refractivity contribution in [2.45, 2.75) is 233 Å². The lowest BCUT2D eigenvalue weighted by Gasteiger charge is -2.23. The fourth-order valence-electron chi connectivity index (χ4n) is 7.42. The van der Waals surface area contributed by atoms with Crippen molar-refractivity contribution in [2.75, 3.05) is 53.5 Å². The van der Waals surface area contributed by atoms with E-state index in [1.807, 2.05) is 19.0 Å². The number of nitrogens with one attached hydrogen (secondary N) is 1. The Labute approximate surface area is 354 Å². The summed E-state index contributed by atoms with van der Waals surface area (Å²) in [6.07, 6.45) is 39.0. The first-order chi connectivity index (χ1) is 27.3. The molecule has 7 nitrogen and oxygen atoms in total. The van der Waals surface area contributed by atoms with Gasteiger partial charge in [-0.3, -0.25) is 9.59 Å². The molecule has 332 valence electrons. The van der Waals surface area contributed by atoms with Gasteiger partial charge in [0, 0.05) is 27.1 Å². The maximum absolute atomic E-state index is 13.1. The van der Waals surface area contributed by atoms with Crippen LogP contribution in [0.4, 0.5) is 0 Å². The molecule has 0 aromatic heterocycles. The summed E-state index contributed by atoms with van der Waals surface area (Å²) in [6, 6.07) is 0. The summed E-state index contributed by atoms with van der Waals surface area (Å²) in [4.78, 5) is 29.8. The number of carbonyl (C=O) groups excluding carboxylic acids is 2. The van der Waals surface area contributed by atoms with Crippen molar-refractivity contribution in [3.63, 3.8) is 0 Å². The molecule has 0 atom stereocenters. The Hall–Kier alpha value is -1.41. The number of rotatable bonds is 43. The predicted molar refractivity (Wildman–Crippen MR) is 246 cm³/mol. The molecule has 56 heavy (non-hydrogen) atoms. The van der Waals surface area contributed by atoms with Crippen molar-refractivity contribution in [1.82, 2.24) is 15.1 Å². The SMILES string of the molecule is CCCCCCCCCOC(=O)CCCCCCCN(CCCCCCCOC(=O)C(CCCCCCCC)CCCCCCCC)CCCNC(=S)N(C)C. The Balaban J connectivity index is 4.34. The predicted octanol–water partition coefficient (Wildman–Crippen LogP) is 13.4. The minimum absolute atomic E-state index is 0.0169. The fraction of sp³-hybridized carbons (Fsp3) is 0.938. The van der Waals surface area contributed by atoms with E-state index in [9.17, 15) is 9.59 Å². The average molecular weight is 810 g/mol. The Morgan fingerprint density at radius 2 is 0.893 bits per heavy atom. The maximum Gasteiger partial charge on any atom is 0.308 e. The third kappa shape index (κ3) is 38.1. The van der Waals surface area contributed by atoms with Gasteiger partial charge < -0.3 is 24.6 Å². The van der Waals surface area contributed by atoms with Gasteiger partial charge in [-0.1, -0.05) is 175 Å². The van der Waals surface area contributed by atoms with E-state index in [4.69, 9.17) is 21.7 Å². The molecule has 0 saturated carbocycles. The van der Waals surface area contributed by atoms with E-state index < -0.39 is 0 Å². The summed E-state index contributed by atoms with van der Waals surface area (Å²) in [5.74, 6) is 0.150. The highest BCUT2D eigenvalue weighted by molar-refractivity contribution is 7.80. The minimum atomic E-state index is -0.0169. The minimum Gasteiger partial charge on any atom is -0.466 e. The van der Waals surface area contributed by atoms with Gasteiger partial charge in [0.15, 0.2) is 5.11 Å². The maximum atomic E-state index is 13.1. The van der Waals surface area contributed by atoms with Crippen molar-refractivity contribution in [3.05, 3.63) is 0 Å². The van der Waals surface area contributed by atoms with Gasteiger partial charge in [0.1, 0.15) is 0 Å². The Kier molecular flexibility index (Phi) is 42.1. The molecular weight excluding hydrogens is 715 g/mol. The molecule has 0 aromatic rings. The number of carbonyl (C=O) groups is 2. The smallest absolute Gasteiger partial charge is 0.308 e. The Morgan fingerprint density at radius 3 is 1.38 bits per heavy atom. The highest BCUT2D eigenvalue weighted by Crippen LogP contribution is 2.21. The lowest BCUT2D eigenvalue weighted by atomic mass is 9.94. The quantitative estimate of drug-likeness (QED) is 0.0371. The van der Waals surface area contributed by atoms with Crippen molar-refractivity contribution >= 4 is 29.3 Å². The molecule has 0 rings (SSSR count). The number of esters is 2. The molecule has 1 N–H and O–H groups in total. The van der Waals surface area contributed by atoms with Crippen molar-refractivity contribution in [1.29, 1.82) is 0 Å². The van der Waals surface area contributed by atoms with Gasteiger partial charge in [-0.15, -0.1) is 0 Å². The fourth-order valence-corrected chi connectivity index (χ4v) is 7.53. The van der Waals surface area contributed by atoms with Crippen LogP contribution in [-0.2, 0) is 19.1 Å². The molecule has 0 radical (unpaired) electrons. The summed E-state index contributed by atoms with van der Waals surface area (Å²) < 4.78 is 11.3. The van der Waals surface area contributed by atoms with Gasteiger partial charge in [-0.05, 0) is 83.2 Å². The summed E-state index contributed by atoms with van der Waals surface area (Å²) in [6.45, 7) is 12.2. The summed E-state index contributed by atoms with van der Waals surface area (Å²) >= 11 is 5.41. The normalized spacial score (nSPS) is 11.4. The first-order valence-electron chi connectivity index (χ1n) is 24.3. The summed E-state index contributed by atoms with van der Waals surface area (Å²) in [5.41, 5.74) is 0. The number of hydrogen-bond acceptors (Lipinski definition) is 6. The zero-order chi connectivity index (χ0) is 41.2. The van der Waals surface area contributed by atoms with Crippen LogP contribution >= 0.6 is 12.2 Å². The molecule has 0 saturated heterocycles. The molecular formula is C48H95N3O4S. The number of hydrogen-bond donors (Lipinski definition) is 1. The third-order valence-corrected chi connectivity index (χ3v) is 11.7. The van der Waals surface area contributed by atoms with Crippen LogP contribution < -0.4 is 5.32 Å². The third-order valence-electron chi connectivity index (χ3n) is 11.2. The second-order valence-electron chi connectivity index (χ2n) is 16.9. The van der Waals surface area contributed by atoms with E-state index in [1.165, 1.54) is 141 Å². The number of unbranched alkanes of at least 4 members (excludes halogenated alkanes) is 24. The molecule has 0 aliphatic rings. The molecule has 0 unspecified atom stereocenters. The van der Waals surface area contributed by atoms with Crippen LogP contribution in [-0.4, -0.2) is 80.3 Å². The summed E-state index contributed by atoms with van der Waals surface area (Å²) in [7, 11) is 3.97. The Morgan fingerprint density at radius 1 is 0.500 bits per heavy atom. The van der Waals surface area contributed by atoms with E-state index in [0.717, 1.165) is 95.5 Å². The van der Waals surface area contributed by atoms with Crippen LogP contribution in [0.1, 0.15) is 233 Å². The first kappa shape index (κ1) is 54.6. The molecule has 0 aliphatic carbocycles. The van der Waals surface area contributed by atoms with Crippen LogP contribution in [0.3, 0.4) is 0 Å². The second-order valence-corrected chi connectivity index (χ2v) is 17.3. The van der Waals surface area contributed by atoms with Gasteiger partial charge in [0.2, 0.25) is 0 Å². The van der Waals surface area contributed by atoms with E-state index in [2.05, 4.69) is 31.0 Å². The lowest BCUT2D eigenvalue weighted by Crippen LogP contribution is -2.36. The zero-order valence-corrected chi connectivity index (χ0v) is 38.9. The first-order valence-corrected chi connectivity index (χ1v) is 24.8. The van der Waals surface area contributed by atoms with E-state index in [1.54, 1.807) is 0 Å². The highest BCUT2D eigenvalue weighted by Gasteiger charge is 2.19. The molecule has 0 amide bonds. The van der Waals surface area contributed by atoms with E-state index >= 15 is 0 Å². The van der Waals surface area contributed by atoms with Crippen molar-refractivity contribution < 1.29 is 19.1 Å².